The number of hydrogen-bond acceptors (Lipinski definition) is 6. The first-order valence-electron chi connectivity index (χ1n) is 8.53. The lowest BCUT2D eigenvalue weighted by Gasteiger charge is -2.43. The summed E-state index contributed by atoms with van der Waals surface area (Å²) in [5, 5.41) is 16.3. The lowest BCUT2D eigenvalue weighted by Crippen LogP contribution is -2.58. The van der Waals surface area contributed by atoms with Gasteiger partial charge in [-0.15, -0.1) is 0 Å². The highest BCUT2D eigenvalue weighted by molar-refractivity contribution is 8.05. The Morgan fingerprint density at radius 1 is 1.26 bits per heavy atom. The van der Waals surface area contributed by atoms with Gasteiger partial charge in [-0.2, -0.15) is 11.8 Å². The quantitative estimate of drug-likeness (QED) is 0.363. The number of β-lactam (4-membered cyclic amide) rings is 1. The van der Waals surface area contributed by atoms with Gasteiger partial charge in [0.05, 0.1) is 12.0 Å². The normalized spacial score (nSPS) is 21.3. The Hall–Kier alpha value is -1.94. The molecule has 0 radical (unpaired) electrons. The van der Waals surface area contributed by atoms with Crippen LogP contribution in [-0.4, -0.2) is 57.8 Å². The van der Waals surface area contributed by atoms with Crippen molar-refractivity contribution >= 4 is 47.2 Å². The van der Waals surface area contributed by atoms with E-state index in [1.54, 1.807) is 17.2 Å². The smallest absolute Gasteiger partial charge is 0.353 e. The minimum Gasteiger partial charge on any atom is -0.477 e. The zero-order valence-electron chi connectivity index (χ0n) is 15.2. The van der Waals surface area contributed by atoms with E-state index in [9.17, 15) is 24.3 Å². The highest BCUT2D eigenvalue weighted by atomic mass is 32.2. The number of carboxylic acids is 1. The fourth-order valence-electron chi connectivity index (χ4n) is 3.06. The molecule has 148 valence electrons. The molecule has 2 rings (SSSR count). The maximum absolute atomic E-state index is 12.4. The molecule has 0 bridgehead atoms. The predicted molar refractivity (Wildman–Crippen MR) is 105 cm³/mol. The summed E-state index contributed by atoms with van der Waals surface area (Å²) in [6, 6.07) is -0.101. The molecule has 2 aliphatic rings. The Morgan fingerprint density at radius 3 is 2.63 bits per heavy atom. The summed E-state index contributed by atoms with van der Waals surface area (Å²) in [7, 11) is 0. The third-order valence-corrected chi connectivity index (χ3v) is 6.15. The molecule has 2 heterocycles. The number of fused-ring (bicyclic) bond motifs is 1. The van der Waals surface area contributed by atoms with Gasteiger partial charge in [0.25, 0.3) is 0 Å². The van der Waals surface area contributed by atoms with E-state index < -0.39 is 5.97 Å². The van der Waals surface area contributed by atoms with Crippen LogP contribution >= 0.6 is 23.5 Å². The molecule has 27 heavy (non-hydrogen) atoms. The SMILES string of the molecule is CC(=O)NC=CSC1=C(C(=O)O)N2C(=O)[C@H](CCSCCNC(C)=O)[C@H]2C1. The van der Waals surface area contributed by atoms with Crippen LogP contribution in [0.25, 0.3) is 0 Å². The molecule has 1 saturated heterocycles. The monoisotopic (exact) mass is 413 g/mol. The van der Waals surface area contributed by atoms with Gasteiger partial charge in [-0.05, 0) is 17.6 Å². The van der Waals surface area contributed by atoms with Gasteiger partial charge in [0.2, 0.25) is 17.7 Å². The Morgan fingerprint density at radius 2 is 2.00 bits per heavy atom. The number of carbonyl (C=O) groups excluding carboxylic acids is 3. The molecule has 0 aromatic rings. The van der Waals surface area contributed by atoms with Gasteiger partial charge >= 0.3 is 5.97 Å². The molecular weight excluding hydrogens is 390 g/mol. The zero-order chi connectivity index (χ0) is 20.0. The summed E-state index contributed by atoms with van der Waals surface area (Å²) < 4.78 is 0. The van der Waals surface area contributed by atoms with Gasteiger partial charge in [-0.3, -0.25) is 14.4 Å². The minimum atomic E-state index is -1.11. The third kappa shape index (κ3) is 5.52. The van der Waals surface area contributed by atoms with E-state index in [0.717, 1.165) is 11.5 Å². The fraction of sp³-hybridized carbons (Fsp3) is 0.529. The van der Waals surface area contributed by atoms with Gasteiger partial charge in [0, 0.05) is 43.7 Å². The highest BCUT2D eigenvalue weighted by Crippen LogP contribution is 2.47. The van der Waals surface area contributed by atoms with Gasteiger partial charge < -0.3 is 20.6 Å². The maximum atomic E-state index is 12.4. The van der Waals surface area contributed by atoms with Crippen molar-refractivity contribution in [2.45, 2.75) is 32.7 Å². The first kappa shape index (κ1) is 21.4. The first-order valence-corrected chi connectivity index (χ1v) is 10.6. The van der Waals surface area contributed by atoms with Crippen LogP contribution in [0, 0.1) is 5.92 Å². The number of aliphatic carboxylic acids is 1. The third-order valence-electron chi connectivity index (χ3n) is 4.21. The minimum absolute atomic E-state index is 0.0528. The van der Waals surface area contributed by atoms with E-state index in [1.165, 1.54) is 36.7 Å². The van der Waals surface area contributed by atoms with Crippen LogP contribution in [0.2, 0.25) is 0 Å². The van der Waals surface area contributed by atoms with Crippen LogP contribution < -0.4 is 10.6 Å². The number of nitrogens with zero attached hydrogens (tertiary/aromatic N) is 1. The van der Waals surface area contributed by atoms with E-state index in [-0.39, 0.29) is 35.4 Å². The van der Waals surface area contributed by atoms with E-state index in [0.29, 0.717) is 24.3 Å². The molecule has 0 unspecified atom stereocenters. The molecule has 3 amide bonds. The molecule has 0 aromatic heterocycles. The van der Waals surface area contributed by atoms with Crippen molar-refractivity contribution in [3.8, 4) is 0 Å². The standard InChI is InChI=1S/C17H23N3O5S2/c1-10(21)18-4-7-26-6-3-12-13-9-14(27-8-5-19-11(2)22)15(17(24)25)20(13)16(12)23/h5,8,12-13H,3-4,6-7,9H2,1-2H3,(H,18,21)(H,19,22)(H,24,25)/t12-,13-/m1/s1. The number of hydrogen-bond donors (Lipinski definition) is 3. The van der Waals surface area contributed by atoms with Crippen LogP contribution in [0.3, 0.4) is 0 Å². The zero-order valence-corrected chi connectivity index (χ0v) is 16.8. The summed E-state index contributed by atoms with van der Waals surface area (Å²) in [4.78, 5) is 47.7. The van der Waals surface area contributed by atoms with Gasteiger partial charge in [0.15, 0.2) is 0 Å². The predicted octanol–water partition coefficient (Wildman–Crippen LogP) is 1.11. The number of rotatable bonds is 10. The maximum Gasteiger partial charge on any atom is 0.353 e. The molecule has 10 heteroatoms. The lowest BCUT2D eigenvalue weighted by atomic mass is 9.85. The van der Waals surface area contributed by atoms with E-state index in [4.69, 9.17) is 0 Å². The number of carbonyl (C=O) groups is 4. The second kappa shape index (κ2) is 9.84. The average molecular weight is 414 g/mol. The van der Waals surface area contributed by atoms with Crippen molar-refractivity contribution in [1.82, 2.24) is 15.5 Å². The largest absolute Gasteiger partial charge is 0.477 e. The summed E-state index contributed by atoms with van der Waals surface area (Å²) in [6.07, 6.45) is 2.67. The Bertz CT molecular complexity index is 692. The number of carboxylic acid groups (broad SMARTS) is 1. The van der Waals surface area contributed by atoms with E-state index in [2.05, 4.69) is 10.6 Å². The van der Waals surface area contributed by atoms with Crippen LogP contribution in [0.5, 0.6) is 0 Å². The molecule has 3 N–H and O–H groups in total. The lowest BCUT2D eigenvalue weighted by molar-refractivity contribution is -0.155. The fourth-order valence-corrected chi connectivity index (χ4v) is 4.79. The van der Waals surface area contributed by atoms with Crippen LogP contribution in [0.15, 0.2) is 22.2 Å². The molecule has 0 saturated carbocycles. The second-order valence-corrected chi connectivity index (χ2v) is 8.39. The Balaban J connectivity index is 1.85. The molecule has 2 aliphatic heterocycles. The van der Waals surface area contributed by atoms with Crippen molar-refractivity contribution in [3.63, 3.8) is 0 Å². The molecule has 0 spiro atoms. The van der Waals surface area contributed by atoms with Crippen molar-refractivity contribution in [2.75, 3.05) is 18.1 Å². The van der Waals surface area contributed by atoms with Gasteiger partial charge in [0.1, 0.15) is 5.70 Å². The number of thioether (sulfide) groups is 2. The highest BCUT2D eigenvalue weighted by Gasteiger charge is 2.54. The second-order valence-electron chi connectivity index (χ2n) is 6.17. The summed E-state index contributed by atoms with van der Waals surface area (Å²) in [5.74, 6) is -0.108. The topological polar surface area (TPSA) is 116 Å². The molecule has 0 aromatic carbocycles. The summed E-state index contributed by atoms with van der Waals surface area (Å²) >= 11 is 2.88. The van der Waals surface area contributed by atoms with E-state index >= 15 is 0 Å². The van der Waals surface area contributed by atoms with Crippen molar-refractivity contribution in [1.29, 1.82) is 0 Å². The molecule has 8 nitrogen and oxygen atoms in total. The number of amides is 3. The van der Waals surface area contributed by atoms with Crippen LogP contribution in [-0.2, 0) is 19.2 Å². The first-order chi connectivity index (χ1) is 12.8. The number of nitrogens with one attached hydrogen (secondary N) is 2. The Kier molecular flexibility index (Phi) is 7.78. The van der Waals surface area contributed by atoms with Crippen molar-refractivity contribution in [2.24, 2.45) is 5.92 Å². The Labute approximate surface area is 166 Å². The molecule has 1 fully saturated rings. The average Bonchev–Trinajstić information content (AvgIpc) is 2.92. The molecule has 2 atom stereocenters. The molecule has 0 aliphatic carbocycles. The van der Waals surface area contributed by atoms with Crippen LogP contribution in [0.4, 0.5) is 0 Å². The van der Waals surface area contributed by atoms with E-state index in [1.807, 2.05) is 0 Å². The summed E-state index contributed by atoms with van der Waals surface area (Å²) in [6.45, 7) is 3.45. The van der Waals surface area contributed by atoms with Gasteiger partial charge in [-0.25, -0.2) is 4.79 Å². The van der Waals surface area contributed by atoms with Crippen molar-refractivity contribution in [3.05, 3.63) is 22.2 Å². The molecular formula is C17H23N3O5S2. The van der Waals surface area contributed by atoms with Crippen LogP contribution in [0.1, 0.15) is 26.7 Å². The van der Waals surface area contributed by atoms with Gasteiger partial charge in [-0.1, -0.05) is 11.8 Å². The summed E-state index contributed by atoms with van der Waals surface area (Å²) in [5.41, 5.74) is 0.0528. The van der Waals surface area contributed by atoms with Crippen molar-refractivity contribution < 1.29 is 24.3 Å².